The maximum Gasteiger partial charge on any atom is 0.433 e. The molecule has 0 fully saturated rings. The summed E-state index contributed by atoms with van der Waals surface area (Å²) in [6, 6.07) is 6.14. The van der Waals surface area contributed by atoms with Gasteiger partial charge in [-0.25, -0.2) is 4.98 Å². The first-order valence-electron chi connectivity index (χ1n) is 6.08. The van der Waals surface area contributed by atoms with Crippen molar-refractivity contribution in [1.82, 2.24) is 9.97 Å². The van der Waals surface area contributed by atoms with Crippen molar-refractivity contribution in [2.24, 2.45) is 0 Å². The van der Waals surface area contributed by atoms with E-state index < -0.39 is 11.9 Å². The molecule has 0 saturated carbocycles. The van der Waals surface area contributed by atoms with E-state index in [1.54, 1.807) is 12.3 Å². The van der Waals surface area contributed by atoms with Gasteiger partial charge in [-0.1, -0.05) is 17.7 Å². The van der Waals surface area contributed by atoms with E-state index in [0.29, 0.717) is 11.6 Å². The van der Waals surface area contributed by atoms with Crippen LogP contribution in [0.15, 0.2) is 36.7 Å². The van der Waals surface area contributed by atoms with E-state index in [1.807, 2.05) is 6.07 Å². The number of rotatable bonds is 4. The van der Waals surface area contributed by atoms with Crippen LogP contribution in [-0.4, -0.2) is 9.97 Å². The van der Waals surface area contributed by atoms with E-state index in [4.69, 9.17) is 11.6 Å². The van der Waals surface area contributed by atoms with Crippen molar-refractivity contribution in [2.45, 2.75) is 25.4 Å². The van der Waals surface area contributed by atoms with Gasteiger partial charge in [-0.3, -0.25) is 4.98 Å². The Morgan fingerprint density at radius 1 is 1.00 bits per heavy atom. The molecule has 2 aromatic rings. The second-order valence-electron chi connectivity index (χ2n) is 4.39. The van der Waals surface area contributed by atoms with E-state index in [1.165, 1.54) is 12.3 Å². The van der Waals surface area contributed by atoms with E-state index >= 15 is 0 Å². The second-order valence-corrected chi connectivity index (χ2v) is 4.78. The molecule has 0 aromatic carbocycles. The molecule has 2 rings (SSSR count). The molecule has 0 aliphatic heterocycles. The summed E-state index contributed by atoms with van der Waals surface area (Å²) < 4.78 is 37.0. The van der Waals surface area contributed by atoms with E-state index in [2.05, 4.69) is 9.97 Å². The van der Waals surface area contributed by atoms with E-state index in [0.717, 1.165) is 30.0 Å². The molecular formula is C14H12ClF3N2. The number of hydrogen-bond acceptors (Lipinski definition) is 2. The molecule has 2 heterocycles. The number of halogens is 4. The summed E-state index contributed by atoms with van der Waals surface area (Å²) in [4.78, 5) is 7.32. The number of aromatic nitrogens is 2. The predicted octanol–water partition coefficient (Wildman–Crippen LogP) is 4.32. The number of hydrogen-bond donors (Lipinski definition) is 0. The first-order chi connectivity index (χ1) is 9.45. The zero-order chi connectivity index (χ0) is 14.6. The molecule has 106 valence electrons. The molecule has 0 amide bonds. The average molecular weight is 301 g/mol. The largest absolute Gasteiger partial charge is 0.433 e. The summed E-state index contributed by atoms with van der Waals surface area (Å²) in [5.74, 6) is 0. The van der Waals surface area contributed by atoms with Gasteiger partial charge >= 0.3 is 6.18 Å². The maximum atomic E-state index is 12.3. The average Bonchev–Trinajstić information content (AvgIpc) is 2.38. The van der Waals surface area contributed by atoms with Crippen molar-refractivity contribution in [3.63, 3.8) is 0 Å². The second kappa shape index (κ2) is 6.22. The van der Waals surface area contributed by atoms with Crippen LogP contribution in [0.4, 0.5) is 13.2 Å². The van der Waals surface area contributed by atoms with Gasteiger partial charge in [0.25, 0.3) is 0 Å². The van der Waals surface area contributed by atoms with Crippen molar-refractivity contribution in [1.29, 1.82) is 0 Å². The van der Waals surface area contributed by atoms with Crippen LogP contribution in [0, 0.1) is 0 Å². The Bertz CT molecular complexity index is 567. The van der Waals surface area contributed by atoms with Crippen molar-refractivity contribution < 1.29 is 13.2 Å². The summed E-state index contributed by atoms with van der Waals surface area (Å²) in [7, 11) is 0. The Kier molecular flexibility index (Phi) is 4.60. The van der Waals surface area contributed by atoms with Gasteiger partial charge in [0.05, 0.1) is 0 Å². The first-order valence-corrected chi connectivity index (χ1v) is 6.45. The quantitative estimate of drug-likeness (QED) is 0.786. The molecule has 2 aromatic heterocycles. The third-order valence-electron chi connectivity index (χ3n) is 2.84. The van der Waals surface area contributed by atoms with Gasteiger partial charge in [0, 0.05) is 12.4 Å². The molecule has 0 bridgehead atoms. The molecule has 0 saturated heterocycles. The van der Waals surface area contributed by atoms with Gasteiger partial charge in [0.15, 0.2) is 0 Å². The van der Waals surface area contributed by atoms with Crippen LogP contribution in [-0.2, 0) is 19.0 Å². The minimum Gasteiger partial charge on any atom is -0.252 e. The summed E-state index contributed by atoms with van der Waals surface area (Å²) in [6.45, 7) is 0. The summed E-state index contributed by atoms with van der Waals surface area (Å²) in [5.41, 5.74) is 0.991. The highest BCUT2D eigenvalue weighted by Gasteiger charge is 2.31. The fourth-order valence-corrected chi connectivity index (χ4v) is 2.03. The minimum atomic E-state index is -4.38. The van der Waals surface area contributed by atoms with Gasteiger partial charge in [-0.2, -0.15) is 13.2 Å². The lowest BCUT2D eigenvalue weighted by molar-refractivity contribution is -0.141. The lowest BCUT2D eigenvalue weighted by Gasteiger charge is -2.06. The van der Waals surface area contributed by atoms with Crippen LogP contribution in [0.2, 0.25) is 5.15 Å². The van der Waals surface area contributed by atoms with E-state index in [9.17, 15) is 13.2 Å². The highest BCUT2D eigenvalue weighted by atomic mass is 35.5. The van der Waals surface area contributed by atoms with Crippen LogP contribution < -0.4 is 0 Å². The number of alkyl halides is 3. The van der Waals surface area contributed by atoms with Crippen molar-refractivity contribution in [3.8, 4) is 0 Å². The lowest BCUT2D eigenvalue weighted by atomic mass is 10.1. The van der Waals surface area contributed by atoms with Crippen LogP contribution in [0.1, 0.15) is 23.2 Å². The molecule has 2 nitrogen and oxygen atoms in total. The molecular weight excluding hydrogens is 289 g/mol. The molecule has 20 heavy (non-hydrogen) atoms. The number of nitrogens with zero attached hydrogens (tertiary/aromatic N) is 2. The van der Waals surface area contributed by atoms with Crippen molar-refractivity contribution in [2.75, 3.05) is 0 Å². The van der Waals surface area contributed by atoms with Gasteiger partial charge in [0.1, 0.15) is 10.8 Å². The molecule has 0 unspecified atom stereocenters. The van der Waals surface area contributed by atoms with Crippen LogP contribution in [0.3, 0.4) is 0 Å². The van der Waals surface area contributed by atoms with Crippen molar-refractivity contribution in [3.05, 3.63) is 58.6 Å². The molecule has 0 aliphatic carbocycles. The fraction of sp³-hybridized carbons (Fsp3) is 0.286. The SMILES string of the molecule is FC(F)(F)c1ccc(CCCc2ccnc(Cl)c2)cn1. The Hall–Kier alpha value is -1.62. The van der Waals surface area contributed by atoms with E-state index in [-0.39, 0.29) is 0 Å². The topological polar surface area (TPSA) is 25.8 Å². The zero-order valence-corrected chi connectivity index (χ0v) is 11.2. The Morgan fingerprint density at radius 2 is 1.75 bits per heavy atom. The highest BCUT2D eigenvalue weighted by Crippen LogP contribution is 2.27. The maximum absolute atomic E-state index is 12.3. The van der Waals surface area contributed by atoms with Crippen molar-refractivity contribution >= 4 is 11.6 Å². The van der Waals surface area contributed by atoms with Crippen LogP contribution >= 0.6 is 11.6 Å². The number of aryl methyl sites for hydroxylation is 2. The Labute approximate surface area is 119 Å². The fourth-order valence-electron chi connectivity index (χ4n) is 1.83. The summed E-state index contributed by atoms with van der Waals surface area (Å²) >= 11 is 5.77. The molecule has 0 atom stereocenters. The number of pyridine rings is 2. The Balaban J connectivity index is 1.88. The monoisotopic (exact) mass is 300 g/mol. The summed E-state index contributed by atoms with van der Waals surface area (Å²) in [6.07, 6.45) is 0.813. The van der Waals surface area contributed by atoms with Crippen LogP contribution in [0.25, 0.3) is 0 Å². The Morgan fingerprint density at radius 3 is 2.35 bits per heavy atom. The lowest BCUT2D eigenvalue weighted by Crippen LogP contribution is -2.07. The smallest absolute Gasteiger partial charge is 0.252 e. The molecule has 0 N–H and O–H groups in total. The normalized spacial score (nSPS) is 11.6. The highest BCUT2D eigenvalue weighted by molar-refractivity contribution is 6.29. The third kappa shape index (κ3) is 4.20. The zero-order valence-electron chi connectivity index (χ0n) is 10.5. The third-order valence-corrected chi connectivity index (χ3v) is 3.04. The van der Waals surface area contributed by atoms with Gasteiger partial charge < -0.3 is 0 Å². The molecule has 6 heteroatoms. The van der Waals surface area contributed by atoms with Gasteiger partial charge in [0.2, 0.25) is 0 Å². The predicted molar refractivity (Wildman–Crippen MR) is 70.5 cm³/mol. The van der Waals surface area contributed by atoms with Gasteiger partial charge in [-0.15, -0.1) is 0 Å². The standard InChI is InChI=1S/C14H12ClF3N2/c15-13-8-10(6-7-19-13)2-1-3-11-4-5-12(20-9-11)14(16,17)18/h4-9H,1-3H2. The van der Waals surface area contributed by atoms with Gasteiger partial charge in [-0.05, 0) is 48.6 Å². The van der Waals surface area contributed by atoms with Crippen LogP contribution in [0.5, 0.6) is 0 Å². The molecule has 0 aliphatic rings. The molecule has 0 radical (unpaired) electrons. The first kappa shape index (κ1) is 14.8. The minimum absolute atomic E-state index is 0.443. The molecule has 0 spiro atoms. The summed E-state index contributed by atoms with van der Waals surface area (Å²) in [5, 5.41) is 0.443.